The minimum Gasteiger partial charge on any atom is -0.507 e. The fraction of sp³-hybridized carbons (Fsp3) is 0.167. The molecule has 0 aromatic heterocycles. The molecule has 0 saturated carbocycles. The summed E-state index contributed by atoms with van der Waals surface area (Å²) in [6.07, 6.45) is 9.72. The number of benzene rings is 2. The van der Waals surface area contributed by atoms with Gasteiger partial charge in [0.15, 0.2) is 0 Å². The standard InChI is InChI=1S/C24H26O2/c1-5-11-17-18(12-6-2)20(14-8-4)24(26)23(19(17)13-7-3)21-15-9-10-16-22(21)25/h5-10,15-16,25-26H,1-4,11-14H2. The molecule has 0 aliphatic carbocycles. The molecule has 0 saturated heterocycles. The highest BCUT2D eigenvalue weighted by atomic mass is 16.3. The number of hydrogen-bond donors (Lipinski definition) is 2. The summed E-state index contributed by atoms with van der Waals surface area (Å²) in [6.45, 7) is 15.5. The van der Waals surface area contributed by atoms with Crippen molar-refractivity contribution in [3.8, 4) is 22.6 Å². The van der Waals surface area contributed by atoms with Crippen LogP contribution in [0.2, 0.25) is 0 Å². The minimum atomic E-state index is 0.138. The molecule has 0 fully saturated rings. The Balaban J connectivity index is 2.99. The molecule has 2 rings (SSSR count). The van der Waals surface area contributed by atoms with Crippen LogP contribution in [0.4, 0.5) is 0 Å². The SMILES string of the molecule is C=CCc1c(O)c(-c2ccccc2O)c(CC=C)c(CC=C)c1CC=C. The quantitative estimate of drug-likeness (QED) is 0.574. The van der Waals surface area contributed by atoms with Crippen LogP contribution < -0.4 is 0 Å². The molecule has 2 nitrogen and oxygen atoms in total. The lowest BCUT2D eigenvalue weighted by Crippen LogP contribution is -2.07. The molecule has 0 heterocycles. The highest BCUT2D eigenvalue weighted by Gasteiger charge is 2.23. The van der Waals surface area contributed by atoms with Crippen LogP contribution in [0.3, 0.4) is 0 Å². The van der Waals surface area contributed by atoms with Gasteiger partial charge in [0.05, 0.1) is 0 Å². The maximum absolute atomic E-state index is 11.2. The molecule has 0 bridgehead atoms. The van der Waals surface area contributed by atoms with Gasteiger partial charge >= 0.3 is 0 Å². The summed E-state index contributed by atoms with van der Waals surface area (Å²) in [5, 5.41) is 21.6. The zero-order chi connectivity index (χ0) is 19.1. The Morgan fingerprint density at radius 2 is 1.12 bits per heavy atom. The van der Waals surface area contributed by atoms with E-state index in [-0.39, 0.29) is 11.5 Å². The van der Waals surface area contributed by atoms with E-state index in [1.807, 2.05) is 30.4 Å². The van der Waals surface area contributed by atoms with Gasteiger partial charge in [-0.2, -0.15) is 0 Å². The summed E-state index contributed by atoms with van der Waals surface area (Å²) in [5.41, 5.74) is 5.21. The molecule has 0 radical (unpaired) electrons. The molecule has 0 atom stereocenters. The van der Waals surface area contributed by atoms with Crippen molar-refractivity contribution in [3.63, 3.8) is 0 Å². The first-order chi connectivity index (χ1) is 12.6. The van der Waals surface area contributed by atoms with E-state index in [2.05, 4.69) is 26.3 Å². The molecule has 26 heavy (non-hydrogen) atoms. The van der Waals surface area contributed by atoms with Crippen LogP contribution in [0.15, 0.2) is 74.9 Å². The monoisotopic (exact) mass is 346 g/mol. The number of aromatic hydroxyl groups is 2. The zero-order valence-electron chi connectivity index (χ0n) is 15.2. The lowest BCUT2D eigenvalue weighted by molar-refractivity contribution is 0.464. The second kappa shape index (κ2) is 8.91. The first-order valence-corrected chi connectivity index (χ1v) is 8.70. The van der Waals surface area contributed by atoms with Crippen molar-refractivity contribution < 1.29 is 10.2 Å². The van der Waals surface area contributed by atoms with Crippen molar-refractivity contribution in [2.75, 3.05) is 0 Å². The Bertz CT molecular complexity index is 844. The molecule has 0 spiro atoms. The summed E-state index contributed by atoms with van der Waals surface area (Å²) in [6, 6.07) is 7.07. The second-order valence-electron chi connectivity index (χ2n) is 6.13. The second-order valence-corrected chi connectivity index (χ2v) is 6.13. The summed E-state index contributed by atoms with van der Waals surface area (Å²) < 4.78 is 0. The number of phenols is 2. The van der Waals surface area contributed by atoms with E-state index in [0.29, 0.717) is 36.8 Å². The van der Waals surface area contributed by atoms with Crippen LogP contribution in [0.5, 0.6) is 11.5 Å². The number of phenolic OH excluding ortho intramolecular Hbond substituents is 2. The minimum absolute atomic E-state index is 0.138. The molecule has 0 aliphatic rings. The van der Waals surface area contributed by atoms with Crippen LogP contribution in [0.1, 0.15) is 22.3 Å². The summed E-state index contributed by atoms with van der Waals surface area (Å²) in [5.74, 6) is 0.326. The summed E-state index contributed by atoms with van der Waals surface area (Å²) in [4.78, 5) is 0. The van der Waals surface area contributed by atoms with Gasteiger partial charge in [-0.1, -0.05) is 42.5 Å². The van der Waals surface area contributed by atoms with Gasteiger partial charge in [0.2, 0.25) is 0 Å². The molecule has 134 valence electrons. The van der Waals surface area contributed by atoms with Crippen molar-refractivity contribution in [1.82, 2.24) is 0 Å². The Morgan fingerprint density at radius 1 is 0.654 bits per heavy atom. The fourth-order valence-electron chi connectivity index (χ4n) is 3.44. The maximum Gasteiger partial charge on any atom is 0.127 e. The van der Waals surface area contributed by atoms with E-state index in [4.69, 9.17) is 0 Å². The predicted molar refractivity (Wildman–Crippen MR) is 111 cm³/mol. The zero-order valence-corrected chi connectivity index (χ0v) is 15.2. The third-order valence-corrected chi connectivity index (χ3v) is 4.48. The van der Waals surface area contributed by atoms with Crippen LogP contribution in [0, 0.1) is 0 Å². The molecule has 0 unspecified atom stereocenters. The van der Waals surface area contributed by atoms with Gasteiger partial charge < -0.3 is 10.2 Å². The van der Waals surface area contributed by atoms with E-state index in [1.54, 1.807) is 18.2 Å². The van der Waals surface area contributed by atoms with Gasteiger partial charge in [-0.25, -0.2) is 0 Å². The number of allylic oxidation sites excluding steroid dienone is 4. The van der Waals surface area contributed by atoms with Crippen molar-refractivity contribution in [1.29, 1.82) is 0 Å². The Morgan fingerprint density at radius 3 is 1.65 bits per heavy atom. The van der Waals surface area contributed by atoms with Crippen molar-refractivity contribution in [3.05, 3.63) is 97.1 Å². The van der Waals surface area contributed by atoms with E-state index < -0.39 is 0 Å². The highest BCUT2D eigenvalue weighted by molar-refractivity contribution is 5.82. The molecular formula is C24H26O2. The summed E-state index contributed by atoms with van der Waals surface area (Å²) in [7, 11) is 0. The number of para-hydroxylation sites is 1. The van der Waals surface area contributed by atoms with Crippen molar-refractivity contribution >= 4 is 0 Å². The third-order valence-electron chi connectivity index (χ3n) is 4.48. The number of rotatable bonds is 9. The molecule has 2 N–H and O–H groups in total. The Labute approximate surface area is 156 Å². The van der Waals surface area contributed by atoms with Gasteiger partial charge in [0.25, 0.3) is 0 Å². The van der Waals surface area contributed by atoms with Gasteiger partial charge in [0.1, 0.15) is 11.5 Å². The average Bonchev–Trinajstić information content (AvgIpc) is 2.63. The lowest BCUT2D eigenvalue weighted by Gasteiger charge is -2.23. The molecule has 2 aromatic rings. The Kier molecular flexibility index (Phi) is 6.62. The molecule has 2 aromatic carbocycles. The number of hydrogen-bond acceptors (Lipinski definition) is 2. The van der Waals surface area contributed by atoms with Gasteiger partial charge in [0, 0.05) is 16.7 Å². The topological polar surface area (TPSA) is 40.5 Å². The molecular weight excluding hydrogens is 320 g/mol. The molecule has 2 heteroatoms. The third kappa shape index (κ3) is 3.65. The average molecular weight is 346 g/mol. The van der Waals surface area contributed by atoms with Crippen molar-refractivity contribution in [2.24, 2.45) is 0 Å². The predicted octanol–water partition coefficient (Wildman–Crippen LogP) is 5.68. The Hall–Kier alpha value is -3.00. The van der Waals surface area contributed by atoms with E-state index >= 15 is 0 Å². The van der Waals surface area contributed by atoms with Gasteiger partial charge in [-0.3, -0.25) is 0 Å². The largest absolute Gasteiger partial charge is 0.507 e. The van der Waals surface area contributed by atoms with E-state index in [0.717, 1.165) is 22.3 Å². The van der Waals surface area contributed by atoms with Crippen molar-refractivity contribution in [2.45, 2.75) is 25.7 Å². The molecule has 0 amide bonds. The smallest absolute Gasteiger partial charge is 0.127 e. The first-order valence-electron chi connectivity index (χ1n) is 8.70. The van der Waals surface area contributed by atoms with Crippen LogP contribution >= 0.6 is 0 Å². The fourth-order valence-corrected chi connectivity index (χ4v) is 3.44. The van der Waals surface area contributed by atoms with Crippen LogP contribution in [-0.4, -0.2) is 10.2 Å². The maximum atomic E-state index is 11.2. The van der Waals surface area contributed by atoms with Crippen LogP contribution in [-0.2, 0) is 25.7 Å². The van der Waals surface area contributed by atoms with E-state index in [1.165, 1.54) is 0 Å². The van der Waals surface area contributed by atoms with E-state index in [9.17, 15) is 10.2 Å². The highest BCUT2D eigenvalue weighted by Crippen LogP contribution is 2.44. The lowest BCUT2D eigenvalue weighted by atomic mass is 9.82. The van der Waals surface area contributed by atoms with Crippen LogP contribution in [0.25, 0.3) is 11.1 Å². The molecule has 0 aliphatic heterocycles. The first kappa shape index (κ1) is 19.3. The van der Waals surface area contributed by atoms with Gasteiger partial charge in [-0.05, 0) is 48.4 Å². The summed E-state index contributed by atoms with van der Waals surface area (Å²) >= 11 is 0. The normalized spacial score (nSPS) is 10.3. The van der Waals surface area contributed by atoms with Gasteiger partial charge in [-0.15, -0.1) is 26.3 Å².